The number of fused-ring (bicyclic) bond motifs is 1. The molecule has 0 radical (unpaired) electrons. The van der Waals surface area contributed by atoms with Crippen LogP contribution in [0.3, 0.4) is 0 Å². The summed E-state index contributed by atoms with van der Waals surface area (Å²) in [5, 5.41) is 0. The van der Waals surface area contributed by atoms with Crippen LogP contribution >= 0.6 is 12.2 Å². The highest BCUT2D eigenvalue weighted by Crippen LogP contribution is 2.26. The van der Waals surface area contributed by atoms with Crippen molar-refractivity contribution in [3.63, 3.8) is 0 Å². The Morgan fingerprint density at radius 2 is 1.89 bits per heavy atom. The summed E-state index contributed by atoms with van der Waals surface area (Å²) in [6.45, 7) is 2.24. The van der Waals surface area contributed by atoms with Gasteiger partial charge in [0, 0.05) is 32.6 Å². The Balaban J connectivity index is 1.68. The van der Waals surface area contributed by atoms with Gasteiger partial charge in [-0.25, -0.2) is 0 Å². The van der Waals surface area contributed by atoms with Gasteiger partial charge < -0.3 is 9.47 Å². The molecule has 0 unspecified atom stereocenters. The molecule has 1 aromatic heterocycles. The number of piperidine rings is 1. The Bertz CT molecular complexity index is 871. The van der Waals surface area contributed by atoms with Crippen molar-refractivity contribution in [2.24, 2.45) is 5.92 Å². The fraction of sp³-hybridized carbons (Fsp3) is 0.600. The molecule has 0 N–H and O–H groups in total. The van der Waals surface area contributed by atoms with E-state index in [1.54, 1.807) is 16.7 Å². The van der Waals surface area contributed by atoms with E-state index in [1.807, 2.05) is 24.1 Å². The number of imidazole rings is 1. The monoisotopic (exact) mass is 410 g/mol. The minimum absolute atomic E-state index is 0.0495. The van der Waals surface area contributed by atoms with Crippen LogP contribution in [0, 0.1) is 10.7 Å². The zero-order chi connectivity index (χ0) is 20.3. The number of para-hydroxylation sites is 2. The molecule has 2 aromatic rings. The lowest BCUT2D eigenvalue weighted by Crippen LogP contribution is -2.42. The van der Waals surface area contributed by atoms with Gasteiger partial charge in [0.05, 0.1) is 17.7 Å². The van der Waals surface area contributed by atoms with E-state index in [0.717, 1.165) is 49.9 Å². The Morgan fingerprint density at radius 3 is 2.50 bits per heavy atom. The Kier molecular flexibility index (Phi) is 6.82. The standard InChI is InChI=1S/C20H28F2N4OS/c1-3-4-11-23(2)18(27)15-9-12-24(13-10-15)14-25-16-7-5-6-8-17(16)26(19(21)22)20(25)28/h5-8,15,19H,3-4,9-14H2,1-2H3. The molecule has 1 fully saturated rings. The van der Waals surface area contributed by atoms with Crippen molar-refractivity contribution in [3.05, 3.63) is 29.0 Å². The average molecular weight is 411 g/mol. The number of alkyl halides is 2. The number of likely N-dealkylation sites (tertiary alicyclic amines) is 1. The maximum absolute atomic E-state index is 13.5. The van der Waals surface area contributed by atoms with Crippen molar-refractivity contribution in [1.29, 1.82) is 0 Å². The molecule has 0 bridgehead atoms. The van der Waals surface area contributed by atoms with Crippen LogP contribution in [0.1, 0.15) is 39.2 Å². The summed E-state index contributed by atoms with van der Waals surface area (Å²) in [4.78, 5) is 16.6. The van der Waals surface area contributed by atoms with E-state index in [9.17, 15) is 13.6 Å². The number of hydrogen-bond donors (Lipinski definition) is 0. The molecular weight excluding hydrogens is 382 g/mol. The van der Waals surface area contributed by atoms with Crippen LogP contribution in [-0.4, -0.2) is 51.5 Å². The van der Waals surface area contributed by atoms with E-state index in [-0.39, 0.29) is 16.6 Å². The van der Waals surface area contributed by atoms with Gasteiger partial charge >= 0.3 is 6.55 Å². The number of rotatable bonds is 7. The quantitative estimate of drug-likeness (QED) is 0.631. The second kappa shape index (κ2) is 9.13. The number of benzene rings is 1. The highest BCUT2D eigenvalue weighted by atomic mass is 32.1. The Hall–Kier alpha value is -1.80. The van der Waals surface area contributed by atoms with Gasteiger partial charge in [-0.05, 0) is 43.6 Å². The van der Waals surface area contributed by atoms with Crippen LogP contribution in [0.25, 0.3) is 11.0 Å². The molecule has 2 heterocycles. The molecule has 0 spiro atoms. The summed E-state index contributed by atoms with van der Waals surface area (Å²) in [7, 11) is 1.88. The van der Waals surface area contributed by atoms with Crippen molar-refractivity contribution >= 4 is 29.2 Å². The van der Waals surface area contributed by atoms with E-state index in [2.05, 4.69) is 11.8 Å². The molecule has 1 aliphatic heterocycles. The summed E-state index contributed by atoms with van der Waals surface area (Å²) < 4.78 is 29.8. The molecule has 0 atom stereocenters. The lowest BCUT2D eigenvalue weighted by Gasteiger charge is -2.33. The van der Waals surface area contributed by atoms with Gasteiger partial charge in [0.1, 0.15) is 0 Å². The van der Waals surface area contributed by atoms with Gasteiger partial charge in [-0.3, -0.25) is 14.3 Å². The molecule has 1 aliphatic rings. The minimum atomic E-state index is -2.67. The van der Waals surface area contributed by atoms with Gasteiger partial charge in [-0.15, -0.1) is 0 Å². The van der Waals surface area contributed by atoms with Crippen molar-refractivity contribution in [3.8, 4) is 0 Å². The first-order chi connectivity index (χ1) is 13.4. The molecule has 3 rings (SSSR count). The fourth-order valence-electron chi connectivity index (χ4n) is 3.90. The number of carbonyl (C=O) groups is 1. The van der Waals surface area contributed by atoms with Crippen molar-refractivity contribution in [2.75, 3.05) is 26.7 Å². The highest BCUT2D eigenvalue weighted by Gasteiger charge is 2.27. The van der Waals surface area contributed by atoms with E-state index >= 15 is 0 Å². The minimum Gasteiger partial charge on any atom is -0.346 e. The summed E-state index contributed by atoms with van der Waals surface area (Å²) in [5.74, 6) is 0.271. The van der Waals surface area contributed by atoms with E-state index in [4.69, 9.17) is 12.2 Å². The maximum Gasteiger partial charge on any atom is 0.321 e. The van der Waals surface area contributed by atoms with Gasteiger partial charge in [-0.2, -0.15) is 8.78 Å². The molecule has 154 valence electrons. The molecule has 8 heteroatoms. The molecule has 0 aliphatic carbocycles. The first-order valence-corrected chi connectivity index (χ1v) is 10.3. The number of amides is 1. The van der Waals surface area contributed by atoms with Crippen molar-refractivity contribution in [2.45, 2.75) is 45.8 Å². The van der Waals surface area contributed by atoms with Gasteiger partial charge in [-0.1, -0.05) is 25.5 Å². The normalized spacial score (nSPS) is 16.2. The third-order valence-electron chi connectivity index (χ3n) is 5.57. The summed E-state index contributed by atoms with van der Waals surface area (Å²) in [6.07, 6.45) is 3.67. The second-order valence-corrected chi connectivity index (χ2v) is 7.86. The topological polar surface area (TPSA) is 33.4 Å². The third-order valence-corrected chi connectivity index (χ3v) is 5.98. The highest BCUT2D eigenvalue weighted by molar-refractivity contribution is 7.71. The van der Waals surface area contributed by atoms with Gasteiger partial charge in [0.15, 0.2) is 4.77 Å². The Morgan fingerprint density at radius 1 is 1.25 bits per heavy atom. The van der Waals surface area contributed by atoms with Crippen LogP contribution in [0.2, 0.25) is 0 Å². The number of aromatic nitrogens is 2. The van der Waals surface area contributed by atoms with Crippen LogP contribution in [-0.2, 0) is 11.5 Å². The SMILES string of the molecule is CCCCN(C)C(=O)C1CCN(Cn2c(=S)n(C(F)F)c3ccccc32)CC1. The zero-order valence-corrected chi connectivity index (χ0v) is 17.3. The summed E-state index contributed by atoms with van der Waals surface area (Å²) in [6, 6.07) is 7.07. The third kappa shape index (κ3) is 4.27. The predicted octanol–water partition coefficient (Wildman–Crippen LogP) is 4.50. The predicted molar refractivity (Wildman–Crippen MR) is 109 cm³/mol. The molecule has 1 saturated heterocycles. The largest absolute Gasteiger partial charge is 0.346 e. The summed E-state index contributed by atoms with van der Waals surface area (Å²) >= 11 is 5.34. The van der Waals surface area contributed by atoms with E-state index < -0.39 is 6.55 Å². The number of nitrogens with zero attached hydrogens (tertiary/aromatic N) is 4. The van der Waals surface area contributed by atoms with Crippen molar-refractivity contribution < 1.29 is 13.6 Å². The lowest BCUT2D eigenvalue weighted by molar-refractivity contribution is -0.135. The summed E-state index contributed by atoms with van der Waals surface area (Å²) in [5.41, 5.74) is 1.16. The first kappa shape index (κ1) is 20.9. The Labute approximate surface area is 169 Å². The smallest absolute Gasteiger partial charge is 0.321 e. The van der Waals surface area contributed by atoms with E-state index in [0.29, 0.717) is 17.7 Å². The zero-order valence-electron chi connectivity index (χ0n) is 16.5. The van der Waals surface area contributed by atoms with Crippen LogP contribution in [0.4, 0.5) is 8.78 Å². The van der Waals surface area contributed by atoms with Crippen molar-refractivity contribution in [1.82, 2.24) is 18.9 Å². The molecule has 28 heavy (non-hydrogen) atoms. The molecule has 0 saturated carbocycles. The van der Waals surface area contributed by atoms with Gasteiger partial charge in [0.25, 0.3) is 0 Å². The fourth-order valence-corrected chi connectivity index (χ4v) is 4.23. The lowest BCUT2D eigenvalue weighted by atomic mass is 9.95. The molecule has 5 nitrogen and oxygen atoms in total. The van der Waals surface area contributed by atoms with E-state index in [1.165, 1.54) is 0 Å². The first-order valence-electron chi connectivity index (χ1n) is 9.89. The van der Waals surface area contributed by atoms with Crippen LogP contribution in [0.15, 0.2) is 24.3 Å². The van der Waals surface area contributed by atoms with Crippen LogP contribution in [0.5, 0.6) is 0 Å². The number of unbranched alkanes of at least 4 members (excludes halogenated alkanes) is 1. The molecule has 1 aromatic carbocycles. The maximum atomic E-state index is 13.5. The average Bonchev–Trinajstić information content (AvgIpc) is 2.98. The number of hydrogen-bond acceptors (Lipinski definition) is 3. The van der Waals surface area contributed by atoms with Crippen LogP contribution < -0.4 is 0 Å². The number of carbonyl (C=O) groups excluding carboxylic acids is 1. The van der Waals surface area contributed by atoms with Gasteiger partial charge in [0.2, 0.25) is 5.91 Å². The second-order valence-electron chi connectivity index (χ2n) is 7.49. The molecular formula is C20H28F2N4OS. The number of halogens is 2. The molecule has 1 amide bonds.